The van der Waals surface area contributed by atoms with Crippen LogP contribution >= 0.6 is 0 Å². The molecule has 0 saturated heterocycles. The summed E-state index contributed by atoms with van der Waals surface area (Å²) >= 11 is 0. The molecular weight excluding hydrogens is 328 g/mol. The summed E-state index contributed by atoms with van der Waals surface area (Å²) < 4.78 is 6.84. The molecule has 3 aromatic rings. The molecule has 1 aliphatic rings. The highest BCUT2D eigenvalue weighted by Gasteiger charge is 2.18. The van der Waals surface area contributed by atoms with Gasteiger partial charge in [-0.05, 0) is 61.6 Å². The number of hydrogen-bond acceptors (Lipinski definition) is 4. The average Bonchev–Trinajstić information content (AvgIpc) is 3.23. The smallest absolute Gasteiger partial charge is 0.341 e. The van der Waals surface area contributed by atoms with Crippen molar-refractivity contribution in [1.29, 1.82) is 5.26 Å². The molecule has 130 valence electrons. The SMILES string of the molecule is CCOC(=O)c1ccc(-n2cc(C#N)c3cc4c(cc32)CCC4)cc1O. The van der Waals surface area contributed by atoms with E-state index in [0.717, 1.165) is 30.2 Å². The maximum absolute atomic E-state index is 11.9. The molecule has 0 atom stereocenters. The van der Waals surface area contributed by atoms with Crippen LogP contribution < -0.4 is 0 Å². The van der Waals surface area contributed by atoms with E-state index in [1.807, 2.05) is 4.57 Å². The van der Waals surface area contributed by atoms with E-state index >= 15 is 0 Å². The van der Waals surface area contributed by atoms with Crippen molar-refractivity contribution < 1.29 is 14.6 Å². The van der Waals surface area contributed by atoms with E-state index in [9.17, 15) is 15.2 Å². The normalized spacial score (nSPS) is 12.8. The van der Waals surface area contributed by atoms with Crippen molar-refractivity contribution in [2.24, 2.45) is 0 Å². The number of fused-ring (bicyclic) bond motifs is 2. The largest absolute Gasteiger partial charge is 0.507 e. The third kappa shape index (κ3) is 2.51. The van der Waals surface area contributed by atoms with Crippen LogP contribution in [0.5, 0.6) is 5.75 Å². The van der Waals surface area contributed by atoms with E-state index in [4.69, 9.17) is 4.74 Å². The van der Waals surface area contributed by atoms with Crippen molar-refractivity contribution in [1.82, 2.24) is 4.57 Å². The average molecular weight is 346 g/mol. The number of benzene rings is 2. The van der Waals surface area contributed by atoms with Gasteiger partial charge in [-0.3, -0.25) is 0 Å². The fourth-order valence-electron chi connectivity index (χ4n) is 3.65. The Morgan fingerprint density at radius 3 is 2.73 bits per heavy atom. The fourth-order valence-corrected chi connectivity index (χ4v) is 3.65. The number of phenols is 1. The van der Waals surface area contributed by atoms with Crippen molar-refractivity contribution in [2.75, 3.05) is 6.61 Å². The second-order valence-electron chi connectivity index (χ2n) is 6.44. The van der Waals surface area contributed by atoms with Crippen LogP contribution in [-0.2, 0) is 17.6 Å². The molecule has 1 aromatic heterocycles. The lowest BCUT2D eigenvalue weighted by atomic mass is 10.1. The summed E-state index contributed by atoms with van der Waals surface area (Å²) in [6.45, 7) is 1.97. The van der Waals surface area contributed by atoms with Crippen LogP contribution in [0.3, 0.4) is 0 Å². The van der Waals surface area contributed by atoms with Gasteiger partial charge in [0, 0.05) is 23.3 Å². The summed E-state index contributed by atoms with van der Waals surface area (Å²) in [6.07, 6.45) is 5.01. The lowest BCUT2D eigenvalue weighted by molar-refractivity contribution is 0.0523. The lowest BCUT2D eigenvalue weighted by Gasteiger charge is -2.10. The molecule has 1 aliphatic carbocycles. The van der Waals surface area contributed by atoms with Gasteiger partial charge in [0.05, 0.1) is 17.7 Å². The highest BCUT2D eigenvalue weighted by atomic mass is 16.5. The van der Waals surface area contributed by atoms with E-state index in [1.54, 1.807) is 25.3 Å². The van der Waals surface area contributed by atoms with Crippen LogP contribution in [0, 0.1) is 11.3 Å². The number of rotatable bonds is 3. The minimum absolute atomic E-state index is 0.133. The zero-order valence-corrected chi connectivity index (χ0v) is 14.5. The summed E-state index contributed by atoms with van der Waals surface area (Å²) in [5, 5.41) is 20.7. The number of phenolic OH excluding ortho intramolecular Hbond substituents is 1. The molecule has 0 bridgehead atoms. The summed E-state index contributed by atoms with van der Waals surface area (Å²) in [6, 6.07) is 11.3. The standard InChI is InChI=1S/C21H18N2O3/c1-2-26-21(25)17-7-6-16(10-20(17)24)23-12-15(11-22)18-8-13-4-3-5-14(13)9-19(18)23/h6-10,12,24H,2-5H2,1H3. The first kappa shape index (κ1) is 16.2. The first-order valence-corrected chi connectivity index (χ1v) is 8.70. The van der Waals surface area contributed by atoms with E-state index in [1.165, 1.54) is 17.2 Å². The number of esters is 1. The van der Waals surface area contributed by atoms with Crippen LogP contribution in [-0.4, -0.2) is 22.2 Å². The molecule has 0 radical (unpaired) electrons. The summed E-state index contributed by atoms with van der Waals surface area (Å²) in [7, 11) is 0. The van der Waals surface area contributed by atoms with Gasteiger partial charge in [0.1, 0.15) is 17.4 Å². The quantitative estimate of drug-likeness (QED) is 0.731. The molecule has 2 aromatic carbocycles. The molecule has 4 rings (SSSR count). The second kappa shape index (κ2) is 6.23. The van der Waals surface area contributed by atoms with Crippen LogP contribution in [0.4, 0.5) is 0 Å². The molecule has 5 nitrogen and oxygen atoms in total. The van der Waals surface area contributed by atoms with E-state index in [0.29, 0.717) is 11.3 Å². The minimum Gasteiger partial charge on any atom is -0.507 e. The number of hydrogen-bond donors (Lipinski definition) is 1. The summed E-state index contributed by atoms with van der Waals surface area (Å²) in [5.74, 6) is -0.688. The number of nitrogens with zero attached hydrogens (tertiary/aromatic N) is 2. The Labute approximate surface area is 151 Å². The van der Waals surface area contributed by atoms with Gasteiger partial charge in [0.2, 0.25) is 0 Å². The van der Waals surface area contributed by atoms with E-state index in [2.05, 4.69) is 18.2 Å². The molecule has 1 N–H and O–H groups in total. The number of ether oxygens (including phenoxy) is 1. The molecule has 0 spiro atoms. The third-order valence-corrected chi connectivity index (χ3v) is 4.89. The number of carbonyl (C=O) groups excluding carboxylic acids is 1. The van der Waals surface area contributed by atoms with Crippen molar-refractivity contribution in [3.8, 4) is 17.5 Å². The Balaban J connectivity index is 1.86. The summed E-state index contributed by atoms with van der Waals surface area (Å²) in [4.78, 5) is 11.9. The molecule has 0 aliphatic heterocycles. The van der Waals surface area contributed by atoms with Gasteiger partial charge in [-0.2, -0.15) is 5.26 Å². The van der Waals surface area contributed by atoms with Crippen molar-refractivity contribution in [3.63, 3.8) is 0 Å². The van der Waals surface area contributed by atoms with Crippen molar-refractivity contribution >= 4 is 16.9 Å². The minimum atomic E-state index is -0.551. The number of aromatic hydroxyl groups is 1. The van der Waals surface area contributed by atoms with Crippen LogP contribution in [0.2, 0.25) is 0 Å². The molecule has 5 heteroatoms. The zero-order chi connectivity index (χ0) is 18.3. The predicted molar refractivity (Wildman–Crippen MR) is 97.6 cm³/mol. The van der Waals surface area contributed by atoms with Crippen molar-refractivity contribution in [2.45, 2.75) is 26.2 Å². The molecule has 0 amide bonds. The van der Waals surface area contributed by atoms with E-state index in [-0.39, 0.29) is 17.9 Å². The van der Waals surface area contributed by atoms with Gasteiger partial charge in [0.25, 0.3) is 0 Å². The highest BCUT2D eigenvalue weighted by Crippen LogP contribution is 2.33. The van der Waals surface area contributed by atoms with Crippen LogP contribution in [0.15, 0.2) is 36.5 Å². The number of aryl methyl sites for hydroxylation is 2. The highest BCUT2D eigenvalue weighted by molar-refractivity contribution is 5.93. The molecule has 0 unspecified atom stereocenters. The maximum atomic E-state index is 11.9. The predicted octanol–water partition coefficient (Wildman–Crippen LogP) is 3.87. The molecular formula is C21H18N2O3. The van der Waals surface area contributed by atoms with Crippen LogP contribution in [0.25, 0.3) is 16.6 Å². The van der Waals surface area contributed by atoms with Gasteiger partial charge in [-0.1, -0.05) is 0 Å². The molecule has 0 fully saturated rings. The first-order valence-electron chi connectivity index (χ1n) is 8.70. The first-order chi connectivity index (χ1) is 12.6. The Morgan fingerprint density at radius 2 is 2.04 bits per heavy atom. The topological polar surface area (TPSA) is 75.2 Å². The Kier molecular flexibility index (Phi) is 3.89. The third-order valence-electron chi connectivity index (χ3n) is 4.89. The molecule has 26 heavy (non-hydrogen) atoms. The number of aromatic nitrogens is 1. The van der Waals surface area contributed by atoms with E-state index < -0.39 is 5.97 Å². The Morgan fingerprint density at radius 1 is 1.27 bits per heavy atom. The van der Waals surface area contributed by atoms with Gasteiger partial charge in [0.15, 0.2) is 0 Å². The summed E-state index contributed by atoms with van der Waals surface area (Å²) in [5.41, 5.74) is 4.99. The number of carbonyl (C=O) groups is 1. The van der Waals surface area contributed by atoms with Gasteiger partial charge in [-0.15, -0.1) is 0 Å². The fraction of sp³-hybridized carbons (Fsp3) is 0.238. The van der Waals surface area contributed by atoms with Crippen LogP contribution in [0.1, 0.15) is 40.4 Å². The van der Waals surface area contributed by atoms with Gasteiger partial charge >= 0.3 is 5.97 Å². The van der Waals surface area contributed by atoms with Gasteiger partial charge < -0.3 is 14.4 Å². The van der Waals surface area contributed by atoms with Crippen molar-refractivity contribution in [3.05, 3.63) is 58.8 Å². The number of nitriles is 1. The Bertz CT molecular complexity index is 1070. The van der Waals surface area contributed by atoms with Gasteiger partial charge in [-0.25, -0.2) is 4.79 Å². The lowest BCUT2D eigenvalue weighted by Crippen LogP contribution is -2.05. The monoisotopic (exact) mass is 346 g/mol. The zero-order valence-electron chi connectivity index (χ0n) is 14.5. The molecule has 1 heterocycles. The Hall–Kier alpha value is -3.26. The maximum Gasteiger partial charge on any atom is 0.341 e. The molecule has 0 saturated carbocycles. The second-order valence-corrected chi connectivity index (χ2v) is 6.44.